The molecule has 19 heavy (non-hydrogen) atoms. The zero-order valence-corrected chi connectivity index (χ0v) is 11.5. The minimum absolute atomic E-state index is 0.120. The minimum atomic E-state index is -0.902. The standard InChI is InChI=1S/C12H13BrFN3O2/c13-8-4-16-17(6-8)12-2-1-9(14)3-11(12)15-5-10(19)7-18/h1-4,6,10,15,18-19H,5,7H2. The van der Waals surface area contributed by atoms with E-state index in [9.17, 15) is 9.50 Å². The first-order valence-corrected chi connectivity index (χ1v) is 6.42. The van der Waals surface area contributed by atoms with E-state index in [-0.39, 0.29) is 13.2 Å². The monoisotopic (exact) mass is 329 g/mol. The predicted molar refractivity (Wildman–Crippen MR) is 72.8 cm³/mol. The lowest BCUT2D eigenvalue weighted by molar-refractivity contribution is 0.105. The number of nitrogens with one attached hydrogen (secondary N) is 1. The highest BCUT2D eigenvalue weighted by Gasteiger charge is 2.09. The molecule has 7 heteroatoms. The van der Waals surface area contributed by atoms with Crippen LogP contribution in [0.25, 0.3) is 5.69 Å². The number of aliphatic hydroxyl groups excluding tert-OH is 2. The molecule has 0 amide bonds. The Bertz CT molecular complexity index is 562. The summed E-state index contributed by atoms with van der Waals surface area (Å²) in [4.78, 5) is 0. The highest BCUT2D eigenvalue weighted by Crippen LogP contribution is 2.22. The van der Waals surface area contributed by atoms with Crippen LogP contribution in [0, 0.1) is 5.82 Å². The van der Waals surface area contributed by atoms with E-state index in [4.69, 9.17) is 5.11 Å². The summed E-state index contributed by atoms with van der Waals surface area (Å²) in [6.07, 6.45) is 2.46. The first kappa shape index (κ1) is 14.0. The van der Waals surface area contributed by atoms with E-state index in [1.54, 1.807) is 23.1 Å². The first-order valence-electron chi connectivity index (χ1n) is 5.63. The van der Waals surface area contributed by atoms with E-state index in [0.29, 0.717) is 11.4 Å². The normalized spacial score (nSPS) is 12.4. The number of rotatable bonds is 5. The zero-order valence-electron chi connectivity index (χ0n) is 9.92. The van der Waals surface area contributed by atoms with Gasteiger partial charge in [-0.15, -0.1) is 0 Å². The smallest absolute Gasteiger partial charge is 0.125 e. The van der Waals surface area contributed by atoms with Crippen molar-refractivity contribution in [3.05, 3.63) is 40.9 Å². The summed E-state index contributed by atoms with van der Waals surface area (Å²) >= 11 is 3.29. The number of halogens is 2. The second-order valence-corrected chi connectivity index (χ2v) is 4.90. The number of anilines is 1. The topological polar surface area (TPSA) is 70.3 Å². The van der Waals surface area contributed by atoms with Gasteiger partial charge >= 0.3 is 0 Å². The maximum atomic E-state index is 13.3. The third kappa shape index (κ3) is 3.52. The Hall–Kier alpha value is -1.44. The van der Waals surface area contributed by atoms with Crippen molar-refractivity contribution in [1.29, 1.82) is 0 Å². The van der Waals surface area contributed by atoms with Crippen LogP contribution in [-0.4, -0.2) is 39.2 Å². The van der Waals surface area contributed by atoms with Gasteiger partial charge in [-0.25, -0.2) is 9.07 Å². The Balaban J connectivity index is 2.27. The van der Waals surface area contributed by atoms with Crippen LogP contribution in [0.2, 0.25) is 0 Å². The van der Waals surface area contributed by atoms with Gasteiger partial charge in [-0.05, 0) is 34.1 Å². The van der Waals surface area contributed by atoms with E-state index in [2.05, 4.69) is 26.3 Å². The maximum absolute atomic E-state index is 13.3. The van der Waals surface area contributed by atoms with Gasteiger partial charge in [0.05, 0.1) is 34.8 Å². The van der Waals surface area contributed by atoms with Gasteiger partial charge < -0.3 is 15.5 Å². The Morgan fingerprint density at radius 2 is 2.26 bits per heavy atom. The molecule has 0 bridgehead atoms. The molecular weight excluding hydrogens is 317 g/mol. The van der Waals surface area contributed by atoms with Crippen LogP contribution in [-0.2, 0) is 0 Å². The van der Waals surface area contributed by atoms with Gasteiger partial charge in [0.15, 0.2) is 0 Å². The van der Waals surface area contributed by atoms with Gasteiger partial charge in [-0.3, -0.25) is 0 Å². The molecule has 3 N–H and O–H groups in total. The van der Waals surface area contributed by atoms with Crippen LogP contribution in [0.3, 0.4) is 0 Å². The molecule has 0 saturated heterocycles. The first-order chi connectivity index (χ1) is 9.10. The summed E-state index contributed by atoms with van der Waals surface area (Å²) in [6, 6.07) is 4.23. The third-order valence-corrected chi connectivity index (χ3v) is 2.90. The molecule has 1 heterocycles. The molecule has 0 fully saturated rings. The lowest BCUT2D eigenvalue weighted by Crippen LogP contribution is -2.23. The van der Waals surface area contributed by atoms with Crippen molar-refractivity contribution in [2.75, 3.05) is 18.5 Å². The highest BCUT2D eigenvalue weighted by atomic mass is 79.9. The average Bonchev–Trinajstić information content (AvgIpc) is 2.82. The van der Waals surface area contributed by atoms with Crippen molar-refractivity contribution in [3.63, 3.8) is 0 Å². The number of hydrogen-bond donors (Lipinski definition) is 3. The number of hydrogen-bond acceptors (Lipinski definition) is 4. The van der Waals surface area contributed by atoms with Crippen LogP contribution >= 0.6 is 15.9 Å². The second-order valence-electron chi connectivity index (χ2n) is 3.98. The SMILES string of the molecule is OCC(O)CNc1cc(F)ccc1-n1cc(Br)cn1. The third-order valence-electron chi connectivity index (χ3n) is 2.50. The van der Waals surface area contributed by atoms with Crippen molar-refractivity contribution in [2.45, 2.75) is 6.10 Å². The van der Waals surface area contributed by atoms with Gasteiger partial charge in [0.2, 0.25) is 0 Å². The van der Waals surface area contributed by atoms with E-state index >= 15 is 0 Å². The van der Waals surface area contributed by atoms with Gasteiger partial charge in [0.25, 0.3) is 0 Å². The quantitative estimate of drug-likeness (QED) is 0.778. The summed E-state index contributed by atoms with van der Waals surface area (Å²) in [5, 5.41) is 25.1. The minimum Gasteiger partial charge on any atom is -0.394 e. The molecule has 1 aromatic carbocycles. The Morgan fingerprint density at radius 3 is 2.89 bits per heavy atom. The molecule has 2 rings (SSSR count). The van der Waals surface area contributed by atoms with Crippen molar-refractivity contribution < 1.29 is 14.6 Å². The molecule has 102 valence electrons. The van der Waals surface area contributed by atoms with Gasteiger partial charge in [-0.2, -0.15) is 5.10 Å². The average molecular weight is 330 g/mol. The summed E-state index contributed by atoms with van der Waals surface area (Å²) in [5.41, 5.74) is 1.14. The number of benzene rings is 1. The number of nitrogens with zero attached hydrogens (tertiary/aromatic N) is 2. The predicted octanol–water partition coefficient (Wildman–Crippen LogP) is 1.54. The molecule has 1 atom stereocenters. The lowest BCUT2D eigenvalue weighted by atomic mass is 10.2. The molecule has 0 aliphatic heterocycles. The van der Waals surface area contributed by atoms with E-state index in [1.165, 1.54) is 12.1 Å². The molecule has 0 saturated carbocycles. The van der Waals surface area contributed by atoms with Crippen LogP contribution in [0.15, 0.2) is 35.1 Å². The molecule has 1 unspecified atom stereocenters. The second kappa shape index (κ2) is 6.14. The molecule has 0 spiro atoms. The van der Waals surface area contributed by atoms with E-state index in [1.807, 2.05) is 0 Å². The summed E-state index contributed by atoms with van der Waals surface area (Å²) in [5.74, 6) is -0.393. The van der Waals surface area contributed by atoms with Gasteiger partial charge in [0, 0.05) is 12.7 Å². The Kier molecular flexibility index (Phi) is 4.52. The molecule has 0 aliphatic rings. The molecule has 2 aromatic rings. The van der Waals surface area contributed by atoms with Crippen molar-refractivity contribution in [3.8, 4) is 5.69 Å². The Morgan fingerprint density at radius 1 is 1.47 bits per heavy atom. The van der Waals surface area contributed by atoms with Crippen molar-refractivity contribution >= 4 is 21.6 Å². The lowest BCUT2D eigenvalue weighted by Gasteiger charge is -2.14. The molecule has 5 nitrogen and oxygen atoms in total. The van der Waals surface area contributed by atoms with Crippen molar-refractivity contribution in [2.24, 2.45) is 0 Å². The van der Waals surface area contributed by atoms with Crippen LogP contribution in [0.5, 0.6) is 0 Å². The largest absolute Gasteiger partial charge is 0.394 e. The van der Waals surface area contributed by atoms with E-state index < -0.39 is 11.9 Å². The molecule has 1 aromatic heterocycles. The maximum Gasteiger partial charge on any atom is 0.125 e. The molecule has 0 radical (unpaired) electrons. The number of aliphatic hydroxyl groups is 2. The van der Waals surface area contributed by atoms with Crippen LogP contribution < -0.4 is 5.32 Å². The fraction of sp³-hybridized carbons (Fsp3) is 0.250. The molecule has 0 aliphatic carbocycles. The van der Waals surface area contributed by atoms with Gasteiger partial charge in [-0.1, -0.05) is 0 Å². The fourth-order valence-electron chi connectivity index (χ4n) is 1.57. The van der Waals surface area contributed by atoms with Crippen LogP contribution in [0.1, 0.15) is 0 Å². The Labute approximate surface area is 117 Å². The van der Waals surface area contributed by atoms with E-state index in [0.717, 1.165) is 4.47 Å². The van der Waals surface area contributed by atoms with Gasteiger partial charge in [0.1, 0.15) is 5.82 Å². The van der Waals surface area contributed by atoms with Crippen molar-refractivity contribution in [1.82, 2.24) is 9.78 Å². The fourth-order valence-corrected chi connectivity index (χ4v) is 1.86. The highest BCUT2D eigenvalue weighted by molar-refractivity contribution is 9.10. The molecular formula is C12H13BrFN3O2. The van der Waals surface area contributed by atoms with Crippen LogP contribution in [0.4, 0.5) is 10.1 Å². The number of aromatic nitrogens is 2. The summed E-state index contributed by atoms with van der Waals surface area (Å²) < 4.78 is 15.7. The summed E-state index contributed by atoms with van der Waals surface area (Å²) in [7, 11) is 0. The zero-order chi connectivity index (χ0) is 13.8. The summed E-state index contributed by atoms with van der Waals surface area (Å²) in [6.45, 7) is -0.236.